The van der Waals surface area contributed by atoms with Gasteiger partial charge < -0.3 is 20.9 Å². The van der Waals surface area contributed by atoms with E-state index in [0.717, 1.165) is 22.3 Å². The number of carboxylic acid groups (broad SMARTS) is 1. The Morgan fingerprint density at radius 1 is 0.919 bits per heavy atom. The van der Waals surface area contributed by atoms with Crippen LogP contribution in [0.15, 0.2) is 77.7 Å². The normalized spacial score (nSPS) is 13.4. The molecule has 0 unspecified atom stereocenters. The number of carboxylic acids is 1. The minimum Gasteiger partial charge on any atom is -0.480 e. The fraction of sp³-hybridized carbons (Fsp3) is 0.259. The van der Waals surface area contributed by atoms with Crippen LogP contribution in [-0.2, 0) is 19.6 Å². The summed E-state index contributed by atoms with van der Waals surface area (Å²) in [6.07, 6.45) is 0.0940. The number of aliphatic carboxylic acids is 1. The molecule has 1 aliphatic rings. The Morgan fingerprint density at radius 2 is 1.51 bits per heavy atom. The molecule has 5 N–H and O–H groups in total. The fourth-order valence-corrected chi connectivity index (χ4v) is 5.52. The van der Waals surface area contributed by atoms with Crippen molar-refractivity contribution in [3.8, 4) is 11.1 Å². The van der Waals surface area contributed by atoms with Crippen LogP contribution in [0, 0.1) is 0 Å². The van der Waals surface area contributed by atoms with E-state index in [2.05, 4.69) is 10.0 Å². The van der Waals surface area contributed by atoms with E-state index in [-0.39, 0.29) is 30.4 Å². The minimum atomic E-state index is -3.68. The summed E-state index contributed by atoms with van der Waals surface area (Å²) in [5.74, 6) is -1.31. The van der Waals surface area contributed by atoms with Crippen molar-refractivity contribution in [3.05, 3.63) is 83.9 Å². The number of carbonyl (C=O) groups is 2. The number of carbonyl (C=O) groups excluding carboxylic acids is 1. The molecule has 1 aliphatic carbocycles. The van der Waals surface area contributed by atoms with Crippen LogP contribution in [-0.4, -0.2) is 44.8 Å². The number of amides is 1. The Hall–Kier alpha value is -3.89. The number of benzene rings is 3. The average molecular weight is 524 g/mol. The van der Waals surface area contributed by atoms with Gasteiger partial charge in [0.1, 0.15) is 12.6 Å². The van der Waals surface area contributed by atoms with Crippen LogP contribution in [0.3, 0.4) is 0 Å². The molecule has 9 nitrogen and oxygen atoms in total. The molecule has 0 spiro atoms. The maximum atomic E-state index is 12.4. The lowest BCUT2D eigenvalue weighted by atomic mass is 9.98. The summed E-state index contributed by atoms with van der Waals surface area (Å²) in [7, 11) is -3.68. The molecule has 0 saturated heterocycles. The SMILES string of the molecule is Nc1ccc(S(=O)(=O)NCCCC[C@H](NC(=O)OCC2c3ccccc3-c3ccccc32)C(=O)O)cc1. The molecule has 3 aromatic carbocycles. The molecule has 194 valence electrons. The third-order valence-corrected chi connectivity index (χ3v) is 7.81. The fourth-order valence-electron chi connectivity index (χ4n) is 4.45. The molecular weight excluding hydrogens is 494 g/mol. The van der Waals surface area contributed by atoms with E-state index in [1.165, 1.54) is 24.3 Å². The summed E-state index contributed by atoms with van der Waals surface area (Å²) in [6.45, 7) is 0.211. The van der Waals surface area contributed by atoms with Crippen molar-refractivity contribution < 1.29 is 27.9 Å². The summed E-state index contributed by atoms with van der Waals surface area (Å²) in [5, 5.41) is 11.9. The second-order valence-corrected chi connectivity index (χ2v) is 10.6. The van der Waals surface area contributed by atoms with Crippen molar-refractivity contribution in [2.45, 2.75) is 36.1 Å². The number of ether oxygens (including phenoxy) is 1. The smallest absolute Gasteiger partial charge is 0.407 e. The number of anilines is 1. The predicted octanol–water partition coefficient (Wildman–Crippen LogP) is 3.71. The van der Waals surface area contributed by atoms with Gasteiger partial charge in [-0.2, -0.15) is 0 Å². The van der Waals surface area contributed by atoms with E-state index >= 15 is 0 Å². The first-order valence-electron chi connectivity index (χ1n) is 12.0. The van der Waals surface area contributed by atoms with Gasteiger partial charge in [-0.05, 0) is 65.8 Å². The molecule has 0 saturated carbocycles. The monoisotopic (exact) mass is 523 g/mol. The highest BCUT2D eigenvalue weighted by Crippen LogP contribution is 2.44. The summed E-state index contributed by atoms with van der Waals surface area (Å²) < 4.78 is 32.5. The van der Waals surface area contributed by atoms with Crippen LogP contribution in [0.1, 0.15) is 36.3 Å². The molecule has 0 aliphatic heterocycles. The molecule has 0 aromatic heterocycles. The maximum Gasteiger partial charge on any atom is 0.407 e. The first-order chi connectivity index (χ1) is 17.8. The number of unbranched alkanes of at least 4 members (excludes halogenated alkanes) is 1. The number of nitrogen functional groups attached to an aromatic ring is 1. The Balaban J connectivity index is 1.25. The van der Waals surface area contributed by atoms with E-state index in [4.69, 9.17) is 10.5 Å². The molecule has 1 atom stereocenters. The number of hydrogen-bond acceptors (Lipinski definition) is 6. The van der Waals surface area contributed by atoms with Gasteiger partial charge in [-0.1, -0.05) is 48.5 Å². The van der Waals surface area contributed by atoms with Crippen LogP contribution in [0.5, 0.6) is 0 Å². The summed E-state index contributed by atoms with van der Waals surface area (Å²) in [4.78, 5) is 24.2. The van der Waals surface area contributed by atoms with Crippen molar-refractivity contribution in [3.63, 3.8) is 0 Å². The lowest BCUT2D eigenvalue weighted by Gasteiger charge is -2.17. The summed E-state index contributed by atoms with van der Waals surface area (Å²) in [6, 6.07) is 20.6. The number of fused-ring (bicyclic) bond motifs is 3. The van der Waals surface area contributed by atoms with Gasteiger partial charge in [-0.25, -0.2) is 22.7 Å². The molecule has 37 heavy (non-hydrogen) atoms. The quantitative estimate of drug-likeness (QED) is 0.221. The second-order valence-electron chi connectivity index (χ2n) is 8.82. The third kappa shape index (κ3) is 6.28. The van der Waals surface area contributed by atoms with Crippen molar-refractivity contribution in [2.24, 2.45) is 0 Å². The first-order valence-corrected chi connectivity index (χ1v) is 13.4. The summed E-state index contributed by atoms with van der Waals surface area (Å²) in [5.41, 5.74) is 10.4. The van der Waals surface area contributed by atoms with Gasteiger partial charge >= 0.3 is 12.1 Å². The highest BCUT2D eigenvalue weighted by atomic mass is 32.2. The number of rotatable bonds is 11. The van der Waals surface area contributed by atoms with Crippen LogP contribution >= 0.6 is 0 Å². The highest BCUT2D eigenvalue weighted by molar-refractivity contribution is 7.89. The van der Waals surface area contributed by atoms with Gasteiger partial charge in [0.15, 0.2) is 0 Å². The van der Waals surface area contributed by atoms with Crippen molar-refractivity contribution in [1.82, 2.24) is 10.0 Å². The molecular formula is C27H29N3O6S. The Labute approximate surface area is 215 Å². The lowest BCUT2D eigenvalue weighted by Crippen LogP contribution is -2.41. The Morgan fingerprint density at radius 3 is 2.11 bits per heavy atom. The van der Waals surface area contributed by atoms with Crippen LogP contribution in [0.25, 0.3) is 11.1 Å². The van der Waals surface area contributed by atoms with Gasteiger partial charge in [0.2, 0.25) is 10.0 Å². The number of sulfonamides is 1. The molecule has 0 bridgehead atoms. The number of nitrogens with two attached hydrogens (primary N) is 1. The topological polar surface area (TPSA) is 148 Å². The summed E-state index contributed by atoms with van der Waals surface area (Å²) >= 11 is 0. The minimum absolute atomic E-state index is 0.0825. The first kappa shape index (κ1) is 26.2. The molecule has 4 rings (SSSR count). The largest absolute Gasteiger partial charge is 0.480 e. The van der Waals surface area contributed by atoms with Gasteiger partial charge in [0.25, 0.3) is 0 Å². The number of hydrogen-bond donors (Lipinski definition) is 4. The van der Waals surface area contributed by atoms with Crippen molar-refractivity contribution in [2.75, 3.05) is 18.9 Å². The predicted molar refractivity (Wildman–Crippen MR) is 140 cm³/mol. The Kier molecular flexibility index (Phi) is 8.10. The van der Waals surface area contributed by atoms with Gasteiger partial charge in [-0.3, -0.25) is 0 Å². The van der Waals surface area contributed by atoms with Crippen molar-refractivity contribution in [1.29, 1.82) is 0 Å². The van der Waals surface area contributed by atoms with Crippen LogP contribution in [0.2, 0.25) is 0 Å². The molecule has 0 heterocycles. The third-order valence-electron chi connectivity index (χ3n) is 6.34. The molecule has 3 aromatic rings. The molecule has 0 radical (unpaired) electrons. The molecule has 10 heteroatoms. The average Bonchev–Trinajstić information content (AvgIpc) is 3.20. The highest BCUT2D eigenvalue weighted by Gasteiger charge is 2.29. The van der Waals surface area contributed by atoms with Gasteiger partial charge in [-0.15, -0.1) is 0 Å². The number of alkyl carbamates (subject to hydrolysis) is 1. The standard InChI is InChI=1S/C27H29N3O6S/c28-18-12-14-19(15-13-18)37(34,35)29-16-6-5-11-25(26(31)32)30-27(33)36-17-24-22-9-3-1-7-20(22)21-8-2-4-10-23(21)24/h1-4,7-10,12-15,24-25,29H,5-6,11,16-17,28H2,(H,30,33)(H,31,32)/t25-/m0/s1. The zero-order chi connectivity index (χ0) is 26.4. The van der Waals surface area contributed by atoms with Crippen molar-refractivity contribution >= 4 is 27.8 Å². The molecule has 0 fully saturated rings. The van der Waals surface area contributed by atoms with Crippen LogP contribution < -0.4 is 15.8 Å². The lowest BCUT2D eigenvalue weighted by molar-refractivity contribution is -0.139. The van der Waals surface area contributed by atoms with Gasteiger partial charge in [0.05, 0.1) is 4.90 Å². The van der Waals surface area contributed by atoms with E-state index in [1.54, 1.807) is 0 Å². The van der Waals surface area contributed by atoms with Gasteiger partial charge in [0, 0.05) is 18.2 Å². The maximum absolute atomic E-state index is 12.4. The van der Waals surface area contributed by atoms with E-state index in [0.29, 0.717) is 18.5 Å². The van der Waals surface area contributed by atoms with E-state index in [9.17, 15) is 23.1 Å². The molecule has 1 amide bonds. The van der Waals surface area contributed by atoms with Crippen LogP contribution in [0.4, 0.5) is 10.5 Å². The van der Waals surface area contributed by atoms with E-state index in [1.807, 2.05) is 48.5 Å². The second kappa shape index (κ2) is 11.4. The Bertz CT molecular complexity index is 1330. The number of nitrogens with one attached hydrogen (secondary N) is 2. The zero-order valence-electron chi connectivity index (χ0n) is 20.1. The van der Waals surface area contributed by atoms with E-state index < -0.39 is 28.1 Å². The zero-order valence-corrected chi connectivity index (χ0v) is 20.9.